The van der Waals surface area contributed by atoms with E-state index in [0.29, 0.717) is 16.7 Å². The summed E-state index contributed by atoms with van der Waals surface area (Å²) in [4.78, 5) is 8.81. The molecule has 140 valence electrons. The molecule has 6 heteroatoms. The Bertz CT molecular complexity index is 1200. The van der Waals surface area contributed by atoms with Gasteiger partial charge < -0.3 is 0 Å². The summed E-state index contributed by atoms with van der Waals surface area (Å²) in [6.07, 6.45) is -1.08. The monoisotopic (exact) mass is 418 g/mol. The average Bonchev–Trinajstić information content (AvgIpc) is 3.26. The van der Waals surface area contributed by atoms with Gasteiger partial charge in [-0.25, -0.2) is 22.8 Å². The zero-order chi connectivity index (χ0) is 20.2. The van der Waals surface area contributed by atoms with Crippen molar-refractivity contribution in [3.05, 3.63) is 106 Å². The molecule has 3 aromatic carbocycles. The summed E-state index contributed by atoms with van der Waals surface area (Å²) >= 11 is 3.37. The highest BCUT2D eigenvalue weighted by atomic mass is 32.2. The molecule has 0 spiro atoms. The van der Waals surface area contributed by atoms with Crippen molar-refractivity contribution in [3.8, 4) is 11.1 Å². The van der Waals surface area contributed by atoms with E-state index in [0.717, 1.165) is 5.56 Å². The van der Waals surface area contributed by atoms with Crippen LogP contribution in [0.2, 0.25) is 0 Å². The number of rotatable bonds is 2. The second-order valence-electron chi connectivity index (χ2n) is 6.83. The fraction of sp³-hybridized carbons (Fsp3) is 0.130. The molecule has 0 unspecified atom stereocenters. The van der Waals surface area contributed by atoms with E-state index in [1.54, 1.807) is 47.8 Å². The normalized spacial score (nSPS) is 16.0. The van der Waals surface area contributed by atoms with Crippen LogP contribution in [0.1, 0.15) is 33.0 Å². The van der Waals surface area contributed by atoms with Crippen molar-refractivity contribution in [2.75, 3.05) is 0 Å². The second-order valence-corrected chi connectivity index (χ2v) is 9.42. The Morgan fingerprint density at radius 2 is 1.41 bits per heavy atom. The van der Waals surface area contributed by atoms with Crippen LogP contribution in [-0.2, 0) is 5.92 Å². The van der Waals surface area contributed by atoms with Crippen LogP contribution < -0.4 is 0 Å². The van der Waals surface area contributed by atoms with Gasteiger partial charge in [0.05, 0.1) is 4.58 Å². The lowest BCUT2D eigenvalue weighted by molar-refractivity contribution is 0.0478. The topological polar surface area (TPSA) is 8.72 Å². The zero-order valence-electron chi connectivity index (χ0n) is 14.9. The van der Waals surface area contributed by atoms with Crippen LogP contribution in [0.15, 0.2) is 70.5 Å². The number of halogens is 2. The molecule has 0 atom stereocenters. The maximum atomic E-state index is 15.3. The van der Waals surface area contributed by atoms with E-state index in [1.165, 1.54) is 15.9 Å². The van der Waals surface area contributed by atoms with Gasteiger partial charge in [-0.1, -0.05) is 30.3 Å². The van der Waals surface area contributed by atoms with E-state index in [1.807, 2.05) is 18.2 Å². The molecule has 0 fully saturated rings. The summed E-state index contributed by atoms with van der Waals surface area (Å²) in [5.74, 6) is -3.15. The Morgan fingerprint density at radius 1 is 0.828 bits per heavy atom. The molecule has 0 bridgehead atoms. The molecule has 0 saturated carbocycles. The van der Waals surface area contributed by atoms with Crippen LogP contribution >= 0.6 is 23.5 Å². The first-order valence-corrected chi connectivity index (χ1v) is 10.6. The Balaban J connectivity index is 1.55. The van der Waals surface area contributed by atoms with E-state index in [9.17, 15) is 0 Å². The summed E-state index contributed by atoms with van der Waals surface area (Å²) in [5, 5.41) is 0. The molecule has 1 aliphatic heterocycles. The molecule has 0 amide bonds. The van der Waals surface area contributed by atoms with E-state index >= 15 is 8.78 Å². The summed E-state index contributed by atoms with van der Waals surface area (Å²) in [5.41, 5.74) is 2.06. The Morgan fingerprint density at radius 3 is 2.03 bits per heavy atom. The van der Waals surface area contributed by atoms with Crippen molar-refractivity contribution in [1.82, 2.24) is 0 Å². The standard InChI is InChI=1S/C23H12F2N2S2/c1-26-21(27-2)13-7-9-15-16-10-8-14(12-18(16)23(24,25)17(15)11-13)22-28-19-5-3-4-6-20(19)29-22/h3-12,21-22H. The van der Waals surface area contributed by atoms with Crippen LogP contribution in [0.4, 0.5) is 8.78 Å². The van der Waals surface area contributed by atoms with Crippen LogP contribution in [-0.4, -0.2) is 0 Å². The van der Waals surface area contributed by atoms with Gasteiger partial charge in [0.1, 0.15) is 5.56 Å². The predicted molar refractivity (Wildman–Crippen MR) is 112 cm³/mol. The fourth-order valence-electron chi connectivity index (χ4n) is 3.78. The first-order chi connectivity index (χ1) is 14.0. The summed E-state index contributed by atoms with van der Waals surface area (Å²) in [6, 6.07) is 17.9. The van der Waals surface area contributed by atoms with Crippen molar-refractivity contribution in [1.29, 1.82) is 0 Å². The SMILES string of the molecule is [C-]#[N+]C([N+]#[C-])c1ccc2c(c1)C(F)(F)c1cc(C3Sc4ccccc4S3)ccc1-2. The second kappa shape index (κ2) is 6.62. The molecule has 5 rings (SSSR count). The van der Waals surface area contributed by atoms with Gasteiger partial charge in [0.25, 0.3) is 5.92 Å². The molecule has 0 aromatic heterocycles. The highest BCUT2D eigenvalue weighted by molar-refractivity contribution is 8.18. The highest BCUT2D eigenvalue weighted by Crippen LogP contribution is 2.58. The third-order valence-electron chi connectivity index (χ3n) is 5.19. The zero-order valence-corrected chi connectivity index (χ0v) is 16.5. The van der Waals surface area contributed by atoms with Crippen molar-refractivity contribution in [3.63, 3.8) is 0 Å². The molecule has 2 nitrogen and oxygen atoms in total. The van der Waals surface area contributed by atoms with Gasteiger partial charge in [-0.2, -0.15) is 8.78 Å². The van der Waals surface area contributed by atoms with Gasteiger partial charge in [-0.15, -0.1) is 23.5 Å². The largest absolute Gasteiger partial charge is 0.502 e. The van der Waals surface area contributed by atoms with Gasteiger partial charge in [0.2, 0.25) is 0 Å². The number of fused-ring (bicyclic) bond motifs is 4. The minimum atomic E-state index is -3.15. The molecule has 29 heavy (non-hydrogen) atoms. The van der Waals surface area contributed by atoms with Crippen molar-refractivity contribution in [2.45, 2.75) is 26.5 Å². The van der Waals surface area contributed by atoms with Crippen LogP contribution in [0.5, 0.6) is 0 Å². The molecular formula is C23H12F2N2S2. The lowest BCUT2D eigenvalue weighted by atomic mass is 10.0. The summed E-state index contributed by atoms with van der Waals surface area (Å²) in [7, 11) is 0. The number of thioether (sulfide) groups is 2. The van der Waals surface area contributed by atoms with Crippen LogP contribution in [0.25, 0.3) is 20.8 Å². The fourth-order valence-corrected chi connectivity index (χ4v) is 6.59. The van der Waals surface area contributed by atoms with Gasteiger partial charge in [-0.05, 0) is 47.0 Å². The maximum Gasteiger partial charge on any atom is 0.502 e. The highest BCUT2D eigenvalue weighted by Gasteiger charge is 2.45. The number of nitrogens with zero attached hydrogens (tertiary/aromatic N) is 2. The van der Waals surface area contributed by atoms with Crippen LogP contribution in [0.3, 0.4) is 0 Å². The number of hydrogen-bond acceptors (Lipinski definition) is 2. The maximum absolute atomic E-state index is 15.3. The smallest absolute Gasteiger partial charge is 0.228 e. The van der Waals surface area contributed by atoms with E-state index < -0.39 is 12.1 Å². The predicted octanol–water partition coefficient (Wildman–Crippen LogP) is 7.54. The number of benzene rings is 3. The third-order valence-corrected chi connectivity index (χ3v) is 8.08. The molecule has 3 aromatic rings. The van der Waals surface area contributed by atoms with Crippen molar-refractivity contribution >= 4 is 23.5 Å². The Hall–Kier alpha value is -2.80. The van der Waals surface area contributed by atoms with Gasteiger partial charge in [0.15, 0.2) is 0 Å². The first kappa shape index (κ1) is 18.2. The number of alkyl halides is 2. The molecule has 1 aliphatic carbocycles. The average molecular weight is 418 g/mol. The van der Waals surface area contributed by atoms with Crippen molar-refractivity contribution in [2.24, 2.45) is 0 Å². The minimum absolute atomic E-state index is 0.00137. The Kier molecular flexibility index (Phi) is 4.17. The minimum Gasteiger partial charge on any atom is -0.228 e. The third kappa shape index (κ3) is 2.75. The molecular weight excluding hydrogens is 406 g/mol. The molecule has 0 N–H and O–H groups in total. The lowest BCUT2D eigenvalue weighted by Gasteiger charge is -2.15. The summed E-state index contributed by atoms with van der Waals surface area (Å²) in [6.45, 7) is 14.2. The number of hydrogen-bond donors (Lipinski definition) is 0. The van der Waals surface area contributed by atoms with Gasteiger partial charge in [-0.3, -0.25) is 0 Å². The van der Waals surface area contributed by atoms with Gasteiger partial charge >= 0.3 is 6.17 Å². The van der Waals surface area contributed by atoms with E-state index in [-0.39, 0.29) is 15.7 Å². The molecule has 1 heterocycles. The molecule has 2 aliphatic rings. The first-order valence-electron chi connectivity index (χ1n) is 8.85. The molecule has 0 saturated heterocycles. The van der Waals surface area contributed by atoms with E-state index in [2.05, 4.69) is 21.8 Å². The quantitative estimate of drug-likeness (QED) is 0.397. The van der Waals surface area contributed by atoms with Gasteiger partial charge in [0, 0.05) is 20.9 Å². The van der Waals surface area contributed by atoms with E-state index in [4.69, 9.17) is 13.1 Å². The lowest BCUT2D eigenvalue weighted by Crippen LogP contribution is -2.12. The van der Waals surface area contributed by atoms with Crippen LogP contribution in [0, 0.1) is 13.1 Å². The Labute approximate surface area is 175 Å². The van der Waals surface area contributed by atoms with Crippen molar-refractivity contribution < 1.29 is 8.78 Å². The summed E-state index contributed by atoms with van der Waals surface area (Å²) < 4.78 is 30.7. The molecule has 0 radical (unpaired) electrons.